The first-order valence-corrected chi connectivity index (χ1v) is 7.77. The second kappa shape index (κ2) is 7.11. The van der Waals surface area contributed by atoms with Crippen molar-refractivity contribution < 1.29 is 14.6 Å². The molecule has 0 bridgehead atoms. The summed E-state index contributed by atoms with van der Waals surface area (Å²) in [6.45, 7) is 4.57. The maximum atomic E-state index is 12.5. The molecular weight excluding hydrogens is 280 g/mol. The van der Waals surface area contributed by atoms with Gasteiger partial charge in [-0.25, -0.2) is 4.79 Å². The molecule has 1 aromatic rings. The van der Waals surface area contributed by atoms with Crippen molar-refractivity contribution in [1.29, 1.82) is 0 Å². The summed E-state index contributed by atoms with van der Waals surface area (Å²) in [5.41, 5.74) is 2.08. The molecule has 0 aromatic heterocycles. The number of aryl methyl sites for hydroxylation is 1. The van der Waals surface area contributed by atoms with E-state index in [2.05, 4.69) is 17.4 Å². The Morgan fingerprint density at radius 3 is 2.86 bits per heavy atom. The van der Waals surface area contributed by atoms with Crippen LogP contribution in [0.25, 0.3) is 0 Å². The second-order valence-electron chi connectivity index (χ2n) is 6.29. The van der Waals surface area contributed by atoms with E-state index in [1.807, 2.05) is 26.0 Å². The third-order valence-electron chi connectivity index (χ3n) is 4.30. The van der Waals surface area contributed by atoms with Gasteiger partial charge in [0.15, 0.2) is 0 Å². The van der Waals surface area contributed by atoms with E-state index in [1.165, 1.54) is 11.1 Å². The van der Waals surface area contributed by atoms with E-state index >= 15 is 0 Å². The minimum Gasteiger partial charge on any atom is -0.395 e. The molecule has 1 aromatic carbocycles. The summed E-state index contributed by atoms with van der Waals surface area (Å²) in [5, 5.41) is 12.2. The number of ether oxygens (including phenoxy) is 1. The van der Waals surface area contributed by atoms with Crippen molar-refractivity contribution in [2.45, 2.75) is 38.3 Å². The van der Waals surface area contributed by atoms with Gasteiger partial charge in [0.05, 0.1) is 18.2 Å². The Balaban J connectivity index is 2.09. The second-order valence-corrected chi connectivity index (χ2v) is 6.29. The summed E-state index contributed by atoms with van der Waals surface area (Å²) in [6, 6.07) is 8.09. The highest BCUT2D eigenvalue weighted by molar-refractivity contribution is 5.75. The predicted octanol–water partition coefficient (Wildman–Crippen LogP) is 2.10. The number of aliphatic hydroxyl groups excluding tert-OH is 1. The summed E-state index contributed by atoms with van der Waals surface area (Å²) < 4.78 is 5.33. The minimum atomic E-state index is -0.409. The first kappa shape index (κ1) is 16.8. The third-order valence-corrected chi connectivity index (χ3v) is 4.30. The maximum Gasteiger partial charge on any atom is 0.318 e. The number of methoxy groups -OCH3 is 1. The van der Waals surface area contributed by atoms with Crippen LogP contribution >= 0.6 is 0 Å². The van der Waals surface area contributed by atoms with Crippen molar-refractivity contribution in [2.24, 2.45) is 0 Å². The van der Waals surface area contributed by atoms with Crippen LogP contribution in [0.5, 0.6) is 0 Å². The van der Waals surface area contributed by atoms with Gasteiger partial charge in [0, 0.05) is 20.2 Å². The average Bonchev–Trinajstić information content (AvgIpc) is 2.94. The van der Waals surface area contributed by atoms with E-state index in [-0.39, 0.29) is 18.7 Å². The number of aliphatic hydroxyl groups is 1. The van der Waals surface area contributed by atoms with Crippen molar-refractivity contribution in [3.63, 3.8) is 0 Å². The van der Waals surface area contributed by atoms with E-state index in [0.29, 0.717) is 13.1 Å². The standard InChI is InChI=1S/C17H26N2O3/c1-17(2,22-3)12-18-16(21)19(10-11-20)15-9-8-13-6-4-5-7-14(13)15/h4-7,15,20H,8-12H2,1-3H3,(H,18,21). The molecule has 0 aliphatic heterocycles. The molecular formula is C17H26N2O3. The lowest BCUT2D eigenvalue weighted by atomic mass is 10.1. The van der Waals surface area contributed by atoms with Gasteiger partial charge < -0.3 is 20.1 Å². The fourth-order valence-corrected chi connectivity index (χ4v) is 2.83. The molecule has 2 rings (SSSR count). The number of nitrogens with zero attached hydrogens (tertiary/aromatic N) is 1. The topological polar surface area (TPSA) is 61.8 Å². The molecule has 0 spiro atoms. The minimum absolute atomic E-state index is 0.0361. The third kappa shape index (κ3) is 3.78. The summed E-state index contributed by atoms with van der Waals surface area (Å²) >= 11 is 0. The largest absolute Gasteiger partial charge is 0.395 e. The molecule has 1 aliphatic carbocycles. The molecule has 0 heterocycles. The molecule has 0 saturated carbocycles. The molecule has 22 heavy (non-hydrogen) atoms. The number of hydrogen-bond acceptors (Lipinski definition) is 3. The van der Waals surface area contributed by atoms with E-state index < -0.39 is 5.60 Å². The van der Waals surface area contributed by atoms with E-state index in [4.69, 9.17) is 4.74 Å². The Kier molecular flexibility index (Phi) is 5.42. The van der Waals surface area contributed by atoms with E-state index in [1.54, 1.807) is 12.0 Å². The number of amides is 2. The number of fused-ring (bicyclic) bond motifs is 1. The molecule has 1 atom stereocenters. The molecule has 5 heteroatoms. The SMILES string of the molecule is COC(C)(C)CNC(=O)N(CCO)C1CCc2ccccc21. The average molecular weight is 306 g/mol. The van der Waals surface area contributed by atoms with Gasteiger partial charge in [0.25, 0.3) is 0 Å². The van der Waals surface area contributed by atoms with Crippen LogP contribution in [0.4, 0.5) is 4.79 Å². The molecule has 5 nitrogen and oxygen atoms in total. The van der Waals surface area contributed by atoms with Crippen LogP contribution < -0.4 is 5.32 Å². The van der Waals surface area contributed by atoms with Crippen molar-refractivity contribution in [1.82, 2.24) is 10.2 Å². The molecule has 0 saturated heterocycles. The highest BCUT2D eigenvalue weighted by atomic mass is 16.5. The lowest BCUT2D eigenvalue weighted by Gasteiger charge is -2.31. The van der Waals surface area contributed by atoms with Gasteiger partial charge in [0.1, 0.15) is 0 Å². The number of benzene rings is 1. The number of urea groups is 1. The Hall–Kier alpha value is -1.59. The zero-order chi connectivity index (χ0) is 16.2. The number of carbonyl (C=O) groups excluding carboxylic acids is 1. The molecule has 122 valence electrons. The van der Waals surface area contributed by atoms with Crippen LogP contribution in [-0.4, -0.2) is 48.4 Å². The van der Waals surface area contributed by atoms with Crippen molar-refractivity contribution in [2.75, 3.05) is 26.8 Å². The van der Waals surface area contributed by atoms with Gasteiger partial charge in [0.2, 0.25) is 0 Å². The molecule has 1 aliphatic rings. The van der Waals surface area contributed by atoms with Crippen LogP contribution in [-0.2, 0) is 11.2 Å². The maximum absolute atomic E-state index is 12.5. The Labute approximate surface area is 132 Å². The highest BCUT2D eigenvalue weighted by Crippen LogP contribution is 2.35. The summed E-state index contributed by atoms with van der Waals surface area (Å²) in [7, 11) is 1.63. The molecule has 2 N–H and O–H groups in total. The normalized spacial score (nSPS) is 17.2. The predicted molar refractivity (Wildman–Crippen MR) is 85.8 cm³/mol. The number of nitrogens with one attached hydrogen (secondary N) is 1. The van der Waals surface area contributed by atoms with Crippen molar-refractivity contribution in [3.8, 4) is 0 Å². The number of hydrogen-bond donors (Lipinski definition) is 2. The van der Waals surface area contributed by atoms with E-state index in [9.17, 15) is 9.90 Å². The number of carbonyl (C=O) groups is 1. The van der Waals surface area contributed by atoms with Gasteiger partial charge in [-0.1, -0.05) is 24.3 Å². The smallest absolute Gasteiger partial charge is 0.318 e. The van der Waals surface area contributed by atoms with Crippen molar-refractivity contribution in [3.05, 3.63) is 35.4 Å². The van der Waals surface area contributed by atoms with Gasteiger partial charge in [-0.2, -0.15) is 0 Å². The first-order chi connectivity index (χ1) is 10.5. The summed E-state index contributed by atoms with van der Waals surface area (Å²) in [6.07, 6.45) is 1.88. The van der Waals surface area contributed by atoms with Gasteiger partial charge in [-0.05, 0) is 37.8 Å². The van der Waals surface area contributed by atoms with Gasteiger partial charge in [-0.3, -0.25) is 0 Å². The Morgan fingerprint density at radius 1 is 1.45 bits per heavy atom. The summed E-state index contributed by atoms with van der Waals surface area (Å²) in [4.78, 5) is 14.3. The van der Waals surface area contributed by atoms with Crippen LogP contribution in [0, 0.1) is 0 Å². The lowest BCUT2D eigenvalue weighted by molar-refractivity contribution is 0.0236. The zero-order valence-electron chi connectivity index (χ0n) is 13.6. The monoisotopic (exact) mass is 306 g/mol. The van der Waals surface area contributed by atoms with Crippen LogP contribution in [0.3, 0.4) is 0 Å². The lowest BCUT2D eigenvalue weighted by Crippen LogP contribution is -2.48. The molecule has 2 amide bonds. The molecule has 1 unspecified atom stereocenters. The molecule has 0 fully saturated rings. The van der Waals surface area contributed by atoms with Gasteiger partial charge in [-0.15, -0.1) is 0 Å². The molecule has 0 radical (unpaired) electrons. The van der Waals surface area contributed by atoms with Gasteiger partial charge >= 0.3 is 6.03 Å². The highest BCUT2D eigenvalue weighted by Gasteiger charge is 2.31. The quantitative estimate of drug-likeness (QED) is 0.846. The van der Waals surface area contributed by atoms with Crippen LogP contribution in [0.15, 0.2) is 24.3 Å². The fraction of sp³-hybridized carbons (Fsp3) is 0.588. The van der Waals surface area contributed by atoms with Crippen LogP contribution in [0.2, 0.25) is 0 Å². The van der Waals surface area contributed by atoms with Crippen molar-refractivity contribution >= 4 is 6.03 Å². The Morgan fingerprint density at radius 2 is 2.18 bits per heavy atom. The first-order valence-electron chi connectivity index (χ1n) is 7.77. The fourth-order valence-electron chi connectivity index (χ4n) is 2.83. The summed E-state index contributed by atoms with van der Waals surface area (Å²) in [5.74, 6) is 0. The van der Waals surface area contributed by atoms with Crippen LogP contribution in [0.1, 0.15) is 37.4 Å². The zero-order valence-corrected chi connectivity index (χ0v) is 13.6. The van der Waals surface area contributed by atoms with E-state index in [0.717, 1.165) is 12.8 Å². The Bertz CT molecular complexity index is 516. The number of rotatable bonds is 6.